The van der Waals surface area contributed by atoms with Crippen LogP contribution in [0.5, 0.6) is 0 Å². The molecule has 3 rings (SSSR count). The third kappa shape index (κ3) is 2.61. The van der Waals surface area contributed by atoms with Gasteiger partial charge in [-0.3, -0.25) is 0 Å². The fraction of sp³-hybridized carbons (Fsp3) is 0.250. The maximum Gasteiger partial charge on any atom is 0.213 e. The Labute approximate surface area is 125 Å². The van der Waals surface area contributed by atoms with Gasteiger partial charge in [-0.05, 0) is 24.4 Å². The second-order valence-corrected chi connectivity index (χ2v) is 6.97. The van der Waals surface area contributed by atoms with Crippen LogP contribution < -0.4 is 0 Å². The lowest BCUT2D eigenvalue weighted by atomic mass is 10.3. The van der Waals surface area contributed by atoms with E-state index in [1.165, 1.54) is 12.6 Å². The summed E-state index contributed by atoms with van der Waals surface area (Å²) in [6, 6.07) is 5.09. The number of fused-ring (bicyclic) bond motifs is 1. The fourth-order valence-corrected chi connectivity index (χ4v) is 3.34. The molecule has 1 aromatic carbocycles. The first-order valence-electron chi connectivity index (χ1n) is 6.13. The van der Waals surface area contributed by atoms with Gasteiger partial charge in [0.1, 0.15) is 0 Å². The molecule has 0 aliphatic rings. The molecule has 0 unspecified atom stereocenters. The molecule has 110 valence electrons. The van der Waals surface area contributed by atoms with Crippen LogP contribution in [0.3, 0.4) is 0 Å². The highest BCUT2D eigenvalue weighted by atomic mass is 32.2. The van der Waals surface area contributed by atoms with Crippen LogP contribution >= 0.6 is 12.2 Å². The van der Waals surface area contributed by atoms with Crippen molar-refractivity contribution >= 4 is 33.1 Å². The van der Waals surface area contributed by atoms with E-state index < -0.39 is 9.84 Å². The monoisotopic (exact) mass is 324 g/mol. The third-order valence-electron chi connectivity index (χ3n) is 3.14. The van der Waals surface area contributed by atoms with Gasteiger partial charge in [0.2, 0.25) is 6.39 Å². The zero-order valence-corrected chi connectivity index (χ0v) is 12.7. The number of hydrogen-bond donors (Lipinski definition) is 1. The molecule has 0 spiro atoms. The summed E-state index contributed by atoms with van der Waals surface area (Å²) in [5.41, 5.74) is 1.27. The predicted molar refractivity (Wildman–Crippen MR) is 78.2 cm³/mol. The second-order valence-electron chi connectivity index (χ2n) is 4.60. The molecule has 0 radical (unpaired) electrons. The van der Waals surface area contributed by atoms with Crippen molar-refractivity contribution < 1.29 is 12.9 Å². The van der Waals surface area contributed by atoms with Gasteiger partial charge in [-0.15, -0.1) is 0 Å². The van der Waals surface area contributed by atoms with E-state index in [4.69, 9.17) is 12.2 Å². The highest BCUT2D eigenvalue weighted by molar-refractivity contribution is 7.91. The molecule has 0 amide bonds. The van der Waals surface area contributed by atoms with E-state index in [-0.39, 0.29) is 4.90 Å². The van der Waals surface area contributed by atoms with Gasteiger partial charge in [-0.1, -0.05) is 11.2 Å². The maximum atomic E-state index is 11.8. The molecule has 3 aromatic rings. The largest absolute Gasteiger partial charge is 0.343 e. The molecule has 21 heavy (non-hydrogen) atoms. The number of aromatic amines is 1. The molecule has 9 heteroatoms. The Morgan fingerprint density at radius 2 is 2.24 bits per heavy atom. The average molecular weight is 324 g/mol. The highest BCUT2D eigenvalue weighted by Gasteiger charge is 2.15. The van der Waals surface area contributed by atoms with Gasteiger partial charge in [0.25, 0.3) is 0 Å². The maximum absolute atomic E-state index is 11.8. The van der Waals surface area contributed by atoms with E-state index in [0.717, 1.165) is 5.52 Å². The summed E-state index contributed by atoms with van der Waals surface area (Å²) in [4.78, 5) is 7.16. The van der Waals surface area contributed by atoms with Crippen molar-refractivity contribution in [2.45, 2.75) is 17.9 Å². The molecule has 0 fully saturated rings. The van der Waals surface area contributed by atoms with Crippen molar-refractivity contribution in [3.05, 3.63) is 35.2 Å². The Hall–Kier alpha value is -2.00. The number of sulfone groups is 1. The van der Waals surface area contributed by atoms with Crippen molar-refractivity contribution in [3.8, 4) is 0 Å². The molecule has 0 saturated carbocycles. The summed E-state index contributed by atoms with van der Waals surface area (Å²) in [6.45, 7) is 0.533. The molecule has 0 bridgehead atoms. The van der Waals surface area contributed by atoms with Gasteiger partial charge in [-0.2, -0.15) is 4.98 Å². The number of nitrogens with one attached hydrogen (secondary N) is 1. The minimum atomic E-state index is -3.32. The van der Waals surface area contributed by atoms with E-state index in [2.05, 4.69) is 19.6 Å². The summed E-state index contributed by atoms with van der Waals surface area (Å²) >= 11 is 5.28. The van der Waals surface area contributed by atoms with Crippen molar-refractivity contribution in [3.63, 3.8) is 0 Å². The Balaban J connectivity index is 2.08. The number of hydrogen-bond acceptors (Lipinski definition) is 6. The molecular formula is C12H12N4O3S2. The molecule has 1 N–H and O–H groups in total. The smallest absolute Gasteiger partial charge is 0.213 e. The van der Waals surface area contributed by atoms with Crippen LogP contribution in [0.4, 0.5) is 0 Å². The summed E-state index contributed by atoms with van der Waals surface area (Å²) < 4.78 is 30.6. The van der Waals surface area contributed by atoms with Crippen molar-refractivity contribution in [1.82, 2.24) is 19.7 Å². The van der Waals surface area contributed by atoms with Crippen molar-refractivity contribution in [1.29, 1.82) is 0 Å². The minimum Gasteiger partial charge on any atom is -0.343 e. The Morgan fingerprint density at radius 1 is 1.43 bits per heavy atom. The lowest BCUT2D eigenvalue weighted by molar-refractivity contribution is 0.408. The van der Waals surface area contributed by atoms with Crippen LogP contribution in [0.2, 0.25) is 0 Å². The summed E-state index contributed by atoms with van der Waals surface area (Å²) in [5.74, 6) is 0.575. The summed E-state index contributed by atoms with van der Waals surface area (Å²) in [6.07, 6.45) is 2.99. The number of nitrogens with zero attached hydrogens (tertiary/aromatic N) is 3. The Kier molecular flexibility index (Phi) is 3.38. The lowest BCUT2D eigenvalue weighted by Gasteiger charge is -2.03. The number of para-hydroxylation sites is 1. The van der Waals surface area contributed by atoms with E-state index in [9.17, 15) is 8.42 Å². The zero-order chi connectivity index (χ0) is 15.0. The molecule has 2 aromatic heterocycles. The van der Waals surface area contributed by atoms with Crippen molar-refractivity contribution in [2.24, 2.45) is 0 Å². The molecule has 0 aliphatic carbocycles. The number of rotatable bonds is 4. The van der Waals surface area contributed by atoms with Crippen LogP contribution in [0.25, 0.3) is 11.0 Å². The van der Waals surface area contributed by atoms with Crippen LogP contribution in [-0.4, -0.2) is 34.4 Å². The average Bonchev–Trinajstić information content (AvgIpc) is 3.01. The first-order chi connectivity index (χ1) is 9.97. The van der Waals surface area contributed by atoms with Crippen LogP contribution in [0, 0.1) is 4.77 Å². The number of imidazole rings is 1. The topological polar surface area (TPSA) is 93.8 Å². The molecule has 0 atom stereocenters. The molecular weight excluding hydrogens is 312 g/mol. The standard InChI is InChI=1S/C12H12N4O3S2/c1-21(17,18)9-4-2-3-8-11(9)14-12(20)16(8)6-5-10-13-7-19-15-10/h2-4,7H,5-6H2,1H3,(H,14,20). The van der Waals surface area contributed by atoms with Gasteiger partial charge in [0.05, 0.1) is 15.9 Å². The normalized spacial score (nSPS) is 12.0. The van der Waals surface area contributed by atoms with E-state index in [1.54, 1.807) is 12.1 Å². The third-order valence-corrected chi connectivity index (χ3v) is 4.60. The fourth-order valence-electron chi connectivity index (χ4n) is 2.20. The summed E-state index contributed by atoms with van der Waals surface area (Å²) in [5, 5.41) is 3.74. The molecule has 2 heterocycles. The Morgan fingerprint density at radius 3 is 2.90 bits per heavy atom. The molecule has 0 saturated heterocycles. The van der Waals surface area contributed by atoms with E-state index >= 15 is 0 Å². The number of benzene rings is 1. The number of H-pyrrole nitrogens is 1. The van der Waals surface area contributed by atoms with Crippen LogP contribution in [0.1, 0.15) is 5.82 Å². The van der Waals surface area contributed by atoms with Gasteiger partial charge < -0.3 is 14.1 Å². The lowest BCUT2D eigenvalue weighted by Crippen LogP contribution is -2.03. The number of aryl methyl sites for hydroxylation is 2. The van der Waals surface area contributed by atoms with E-state index in [0.29, 0.717) is 29.1 Å². The number of aromatic nitrogens is 4. The Bertz CT molecular complexity index is 939. The highest BCUT2D eigenvalue weighted by Crippen LogP contribution is 2.22. The quantitative estimate of drug-likeness (QED) is 0.735. The molecule has 7 nitrogen and oxygen atoms in total. The summed E-state index contributed by atoms with van der Waals surface area (Å²) in [7, 11) is -3.32. The molecule has 0 aliphatic heterocycles. The van der Waals surface area contributed by atoms with E-state index in [1.807, 2.05) is 10.6 Å². The van der Waals surface area contributed by atoms with Crippen LogP contribution in [0.15, 0.2) is 34.0 Å². The first-order valence-corrected chi connectivity index (χ1v) is 8.43. The van der Waals surface area contributed by atoms with Crippen molar-refractivity contribution in [2.75, 3.05) is 6.26 Å². The van der Waals surface area contributed by atoms with Gasteiger partial charge in [0, 0.05) is 19.2 Å². The van der Waals surface area contributed by atoms with Gasteiger partial charge in [-0.25, -0.2) is 8.42 Å². The zero-order valence-electron chi connectivity index (χ0n) is 11.1. The predicted octanol–water partition coefficient (Wildman–Crippen LogP) is 1.73. The first kappa shape index (κ1) is 14.0. The minimum absolute atomic E-state index is 0.240. The van der Waals surface area contributed by atoms with Gasteiger partial charge in [0.15, 0.2) is 20.4 Å². The van der Waals surface area contributed by atoms with Gasteiger partial charge >= 0.3 is 0 Å². The van der Waals surface area contributed by atoms with Crippen LogP contribution in [-0.2, 0) is 22.8 Å². The SMILES string of the molecule is CS(=O)(=O)c1cccc2c1[nH]c(=S)n2CCc1ncon1. The second kappa shape index (κ2) is 5.08.